The van der Waals surface area contributed by atoms with Crippen molar-refractivity contribution in [2.75, 3.05) is 0 Å². The van der Waals surface area contributed by atoms with Gasteiger partial charge < -0.3 is 5.11 Å². The fraction of sp³-hybridized carbons (Fsp3) is 0.357. The Morgan fingerprint density at radius 3 is 2.74 bits per heavy atom. The first-order chi connectivity index (χ1) is 8.94. The van der Waals surface area contributed by atoms with Gasteiger partial charge in [0.15, 0.2) is 11.6 Å². The molecule has 0 aliphatic carbocycles. The summed E-state index contributed by atoms with van der Waals surface area (Å²) in [6, 6.07) is 3.81. The lowest BCUT2D eigenvalue weighted by molar-refractivity contribution is 0.0530. The molecule has 0 aliphatic heterocycles. The van der Waals surface area contributed by atoms with Gasteiger partial charge in [-0.25, -0.2) is 8.78 Å². The van der Waals surface area contributed by atoms with Crippen molar-refractivity contribution in [3.05, 3.63) is 53.4 Å². The molecule has 102 valence electrons. The van der Waals surface area contributed by atoms with Gasteiger partial charge in [-0.2, -0.15) is 5.10 Å². The summed E-state index contributed by atoms with van der Waals surface area (Å²) in [6.07, 6.45) is 3.58. The molecule has 1 aromatic carbocycles. The molecule has 0 radical (unpaired) electrons. The molecule has 0 saturated heterocycles. The second-order valence-electron chi connectivity index (χ2n) is 4.76. The van der Waals surface area contributed by atoms with E-state index in [0.717, 1.165) is 18.2 Å². The van der Waals surface area contributed by atoms with E-state index in [1.54, 1.807) is 17.1 Å². The van der Waals surface area contributed by atoms with Gasteiger partial charge in [-0.05, 0) is 25.5 Å². The smallest absolute Gasteiger partial charge is 0.164 e. The van der Waals surface area contributed by atoms with Crippen LogP contribution in [0.2, 0.25) is 0 Å². The molecular formula is C14H16F2N2O. The largest absolute Gasteiger partial charge is 0.385 e. The standard InChI is InChI=1S/C14H16F2N2O/c1-3-18-9-10(8-17-18)7-14(2,19)11-5-4-6-12(15)13(11)16/h4-6,8-9,19H,3,7H2,1-2H3. The van der Waals surface area contributed by atoms with Gasteiger partial charge in [0.25, 0.3) is 0 Å². The molecule has 1 N–H and O–H groups in total. The fourth-order valence-electron chi connectivity index (χ4n) is 2.08. The first-order valence-electron chi connectivity index (χ1n) is 6.12. The topological polar surface area (TPSA) is 38.0 Å². The number of hydrogen-bond donors (Lipinski definition) is 1. The van der Waals surface area contributed by atoms with Crippen LogP contribution in [0.15, 0.2) is 30.6 Å². The van der Waals surface area contributed by atoms with Crippen molar-refractivity contribution in [3.63, 3.8) is 0 Å². The van der Waals surface area contributed by atoms with Crippen molar-refractivity contribution in [2.45, 2.75) is 32.4 Å². The highest BCUT2D eigenvalue weighted by Gasteiger charge is 2.28. The summed E-state index contributed by atoms with van der Waals surface area (Å²) in [6.45, 7) is 4.13. The Bertz CT molecular complexity index is 579. The van der Waals surface area contributed by atoms with Crippen LogP contribution < -0.4 is 0 Å². The number of rotatable bonds is 4. The van der Waals surface area contributed by atoms with E-state index >= 15 is 0 Å². The molecule has 1 heterocycles. The fourth-order valence-corrected chi connectivity index (χ4v) is 2.08. The molecule has 19 heavy (non-hydrogen) atoms. The van der Waals surface area contributed by atoms with E-state index in [0.29, 0.717) is 0 Å². The molecule has 0 aliphatic rings. The third-order valence-corrected chi connectivity index (χ3v) is 3.09. The maximum Gasteiger partial charge on any atom is 0.164 e. The predicted octanol–water partition coefficient (Wildman–Crippen LogP) is 2.63. The maximum absolute atomic E-state index is 13.7. The number of nitrogens with zero attached hydrogens (tertiary/aromatic N) is 2. The molecule has 0 saturated carbocycles. The molecule has 2 aromatic rings. The number of aliphatic hydroxyl groups is 1. The molecule has 3 nitrogen and oxygen atoms in total. The van der Waals surface area contributed by atoms with Crippen molar-refractivity contribution >= 4 is 0 Å². The molecule has 2 rings (SSSR count). The molecule has 5 heteroatoms. The van der Waals surface area contributed by atoms with Crippen molar-refractivity contribution in [1.82, 2.24) is 9.78 Å². The first-order valence-corrected chi connectivity index (χ1v) is 6.12. The van der Waals surface area contributed by atoms with Gasteiger partial charge in [-0.3, -0.25) is 4.68 Å². The van der Waals surface area contributed by atoms with Gasteiger partial charge in [-0.15, -0.1) is 0 Å². The van der Waals surface area contributed by atoms with Gasteiger partial charge in [0, 0.05) is 24.7 Å². The normalized spacial score (nSPS) is 14.4. The van der Waals surface area contributed by atoms with Crippen molar-refractivity contribution in [3.8, 4) is 0 Å². The van der Waals surface area contributed by atoms with Crippen LogP contribution in [0.25, 0.3) is 0 Å². The Balaban J connectivity index is 2.29. The van der Waals surface area contributed by atoms with Gasteiger partial charge >= 0.3 is 0 Å². The number of aryl methyl sites for hydroxylation is 1. The SMILES string of the molecule is CCn1cc(CC(C)(O)c2cccc(F)c2F)cn1. The number of aromatic nitrogens is 2. The van der Waals surface area contributed by atoms with Gasteiger partial charge in [0.2, 0.25) is 0 Å². The van der Waals surface area contributed by atoms with Crippen LogP contribution in [0.4, 0.5) is 8.78 Å². The predicted molar refractivity (Wildman–Crippen MR) is 67.5 cm³/mol. The molecule has 0 fully saturated rings. The Labute approximate surface area is 110 Å². The van der Waals surface area contributed by atoms with E-state index in [9.17, 15) is 13.9 Å². The molecule has 1 unspecified atom stereocenters. The third-order valence-electron chi connectivity index (χ3n) is 3.09. The highest BCUT2D eigenvalue weighted by molar-refractivity contribution is 5.27. The monoisotopic (exact) mass is 266 g/mol. The molecule has 1 atom stereocenters. The van der Waals surface area contributed by atoms with Gasteiger partial charge in [-0.1, -0.05) is 12.1 Å². The molecule has 0 bridgehead atoms. The van der Waals surface area contributed by atoms with E-state index in [4.69, 9.17) is 0 Å². The Hall–Kier alpha value is -1.75. The van der Waals surface area contributed by atoms with Crippen LogP contribution in [0, 0.1) is 11.6 Å². The van der Waals surface area contributed by atoms with Crippen molar-refractivity contribution < 1.29 is 13.9 Å². The average molecular weight is 266 g/mol. The second kappa shape index (κ2) is 5.09. The van der Waals surface area contributed by atoms with Crippen LogP contribution in [0.1, 0.15) is 25.0 Å². The number of benzene rings is 1. The Morgan fingerprint density at radius 1 is 1.37 bits per heavy atom. The van der Waals surface area contributed by atoms with E-state index in [2.05, 4.69) is 5.10 Å². The first kappa shape index (κ1) is 13.7. The summed E-state index contributed by atoms with van der Waals surface area (Å²) < 4.78 is 28.6. The highest BCUT2D eigenvalue weighted by atomic mass is 19.2. The van der Waals surface area contributed by atoms with Crippen LogP contribution in [-0.2, 0) is 18.6 Å². The number of hydrogen-bond acceptors (Lipinski definition) is 2. The maximum atomic E-state index is 13.7. The van der Waals surface area contributed by atoms with Crippen LogP contribution in [0.5, 0.6) is 0 Å². The van der Waals surface area contributed by atoms with E-state index in [1.807, 2.05) is 6.92 Å². The quantitative estimate of drug-likeness (QED) is 0.923. The lowest BCUT2D eigenvalue weighted by Crippen LogP contribution is -2.26. The molecular weight excluding hydrogens is 250 g/mol. The zero-order valence-corrected chi connectivity index (χ0v) is 10.9. The van der Waals surface area contributed by atoms with E-state index < -0.39 is 17.2 Å². The van der Waals surface area contributed by atoms with Crippen LogP contribution >= 0.6 is 0 Å². The summed E-state index contributed by atoms with van der Waals surface area (Å²) in [5.41, 5.74) is -0.749. The summed E-state index contributed by atoms with van der Waals surface area (Å²) in [5.74, 6) is -1.96. The molecule has 1 aromatic heterocycles. The summed E-state index contributed by atoms with van der Waals surface area (Å²) in [7, 11) is 0. The van der Waals surface area contributed by atoms with E-state index in [1.165, 1.54) is 19.1 Å². The molecule has 0 spiro atoms. The van der Waals surface area contributed by atoms with Crippen LogP contribution in [0.3, 0.4) is 0 Å². The highest BCUT2D eigenvalue weighted by Crippen LogP contribution is 2.28. The summed E-state index contributed by atoms with van der Waals surface area (Å²) >= 11 is 0. The minimum atomic E-state index is -1.48. The summed E-state index contributed by atoms with van der Waals surface area (Å²) in [5, 5.41) is 14.5. The lowest BCUT2D eigenvalue weighted by atomic mass is 9.89. The zero-order valence-electron chi connectivity index (χ0n) is 10.9. The lowest BCUT2D eigenvalue weighted by Gasteiger charge is -2.23. The Morgan fingerprint density at radius 2 is 2.11 bits per heavy atom. The zero-order chi connectivity index (χ0) is 14.0. The van der Waals surface area contributed by atoms with Crippen molar-refractivity contribution in [2.24, 2.45) is 0 Å². The van der Waals surface area contributed by atoms with Crippen molar-refractivity contribution in [1.29, 1.82) is 0 Å². The minimum Gasteiger partial charge on any atom is -0.385 e. The Kier molecular flexibility index (Phi) is 3.66. The van der Waals surface area contributed by atoms with E-state index in [-0.39, 0.29) is 12.0 Å². The van der Waals surface area contributed by atoms with Gasteiger partial charge in [0.1, 0.15) is 0 Å². The minimum absolute atomic E-state index is 0.0447. The number of halogens is 2. The third kappa shape index (κ3) is 2.81. The molecule has 0 amide bonds. The van der Waals surface area contributed by atoms with Gasteiger partial charge in [0.05, 0.1) is 11.8 Å². The average Bonchev–Trinajstić information content (AvgIpc) is 2.79. The van der Waals surface area contributed by atoms with Crippen LogP contribution in [-0.4, -0.2) is 14.9 Å². The summed E-state index contributed by atoms with van der Waals surface area (Å²) in [4.78, 5) is 0. The second-order valence-corrected chi connectivity index (χ2v) is 4.76.